The third kappa shape index (κ3) is 5.76. The van der Waals surface area contributed by atoms with Gasteiger partial charge in [0.2, 0.25) is 5.91 Å². The van der Waals surface area contributed by atoms with E-state index in [-0.39, 0.29) is 33.5 Å². The van der Waals surface area contributed by atoms with Gasteiger partial charge in [0.15, 0.2) is 5.13 Å². The van der Waals surface area contributed by atoms with Crippen LogP contribution in [-0.2, 0) is 9.59 Å². The van der Waals surface area contributed by atoms with Gasteiger partial charge in [0.05, 0.1) is 11.3 Å². The number of halogens is 4. The van der Waals surface area contributed by atoms with Gasteiger partial charge < -0.3 is 5.32 Å². The lowest BCUT2D eigenvalue weighted by molar-refractivity contribution is -0.114. The molecule has 10 heteroatoms. The van der Waals surface area contributed by atoms with Crippen molar-refractivity contribution in [2.24, 2.45) is 0 Å². The largest absolute Gasteiger partial charge is 0.417 e. The Labute approximate surface area is 178 Å². The van der Waals surface area contributed by atoms with Crippen LogP contribution in [-0.4, -0.2) is 23.0 Å². The molecular weight excluding hydrogens is 434 g/mol. The Morgan fingerprint density at radius 2 is 1.77 bits per heavy atom. The molecule has 3 rings (SSSR count). The quantitative estimate of drug-likeness (QED) is 0.400. The fraction of sp³-hybridized carbons (Fsp3) is 0.0952. The van der Waals surface area contributed by atoms with E-state index in [1.165, 1.54) is 48.7 Å². The molecule has 0 radical (unpaired) electrons. The van der Waals surface area contributed by atoms with Crippen molar-refractivity contribution >= 4 is 39.5 Å². The summed E-state index contributed by atoms with van der Waals surface area (Å²) in [6.45, 7) is 1.29. The molecule has 0 fully saturated rings. The second kappa shape index (κ2) is 9.09. The molecule has 2 aromatic carbocycles. The number of amides is 2. The third-order valence-electron chi connectivity index (χ3n) is 3.97. The van der Waals surface area contributed by atoms with Crippen molar-refractivity contribution < 1.29 is 27.2 Å². The van der Waals surface area contributed by atoms with Gasteiger partial charge in [-0.25, -0.2) is 9.37 Å². The zero-order valence-electron chi connectivity index (χ0n) is 16.0. The SMILES string of the molecule is CC(=O)Nc1ccc(-c2csc(NC(=O)/C=C(/c3ccccc3)C(F)(F)F)n2)c(F)c1. The molecule has 0 unspecified atom stereocenters. The van der Waals surface area contributed by atoms with Crippen LogP contribution in [0.4, 0.5) is 28.4 Å². The lowest BCUT2D eigenvalue weighted by Gasteiger charge is -2.11. The van der Waals surface area contributed by atoms with Crippen molar-refractivity contribution in [2.75, 3.05) is 10.6 Å². The van der Waals surface area contributed by atoms with Crippen molar-refractivity contribution in [3.05, 3.63) is 71.4 Å². The highest BCUT2D eigenvalue weighted by Crippen LogP contribution is 2.34. The molecule has 0 saturated heterocycles. The first-order chi connectivity index (χ1) is 14.6. The van der Waals surface area contributed by atoms with E-state index in [1.807, 2.05) is 0 Å². The number of hydrogen-bond donors (Lipinski definition) is 2. The summed E-state index contributed by atoms with van der Waals surface area (Å²) in [5.74, 6) is -2.02. The van der Waals surface area contributed by atoms with E-state index in [0.717, 1.165) is 17.4 Å². The highest BCUT2D eigenvalue weighted by atomic mass is 32.1. The Balaban J connectivity index is 1.80. The number of nitrogens with zero attached hydrogens (tertiary/aromatic N) is 1. The minimum Gasteiger partial charge on any atom is -0.326 e. The lowest BCUT2D eigenvalue weighted by atomic mass is 10.1. The number of rotatable bonds is 5. The topological polar surface area (TPSA) is 71.1 Å². The van der Waals surface area contributed by atoms with Crippen LogP contribution in [0, 0.1) is 5.82 Å². The summed E-state index contributed by atoms with van der Waals surface area (Å²) in [6, 6.07) is 10.9. The molecule has 0 saturated carbocycles. The van der Waals surface area contributed by atoms with E-state index in [9.17, 15) is 27.2 Å². The number of carbonyl (C=O) groups excluding carboxylic acids is 2. The maximum absolute atomic E-state index is 14.3. The number of hydrogen-bond acceptors (Lipinski definition) is 4. The maximum atomic E-state index is 14.3. The molecule has 1 heterocycles. The Bertz CT molecular complexity index is 1140. The Kier molecular flexibility index (Phi) is 6.50. The first kappa shape index (κ1) is 22.2. The Morgan fingerprint density at radius 3 is 2.39 bits per heavy atom. The first-order valence-electron chi connectivity index (χ1n) is 8.82. The van der Waals surface area contributed by atoms with Crippen molar-refractivity contribution in [3.8, 4) is 11.3 Å². The average Bonchev–Trinajstić information content (AvgIpc) is 3.13. The number of alkyl halides is 3. The van der Waals surface area contributed by atoms with Crippen LogP contribution in [0.3, 0.4) is 0 Å². The van der Waals surface area contributed by atoms with E-state index >= 15 is 0 Å². The van der Waals surface area contributed by atoms with Crippen LogP contribution < -0.4 is 10.6 Å². The van der Waals surface area contributed by atoms with Crippen molar-refractivity contribution in [1.82, 2.24) is 4.98 Å². The van der Waals surface area contributed by atoms with Gasteiger partial charge in [0.1, 0.15) is 5.82 Å². The van der Waals surface area contributed by atoms with E-state index in [0.29, 0.717) is 6.08 Å². The van der Waals surface area contributed by atoms with Crippen LogP contribution in [0.2, 0.25) is 0 Å². The van der Waals surface area contributed by atoms with E-state index < -0.39 is 23.5 Å². The molecule has 0 spiro atoms. The number of allylic oxidation sites excluding steroid dienone is 1. The number of anilines is 2. The van der Waals surface area contributed by atoms with E-state index in [4.69, 9.17) is 0 Å². The zero-order chi connectivity index (χ0) is 22.6. The normalized spacial score (nSPS) is 11.8. The summed E-state index contributed by atoms with van der Waals surface area (Å²) >= 11 is 0.937. The second-order valence-corrected chi connectivity index (χ2v) is 7.18. The van der Waals surface area contributed by atoms with Gasteiger partial charge in [0.25, 0.3) is 5.91 Å². The molecule has 2 amide bonds. The van der Waals surface area contributed by atoms with E-state index in [1.54, 1.807) is 6.07 Å². The van der Waals surface area contributed by atoms with Gasteiger partial charge in [-0.05, 0) is 23.8 Å². The molecule has 1 aromatic heterocycles. The van der Waals surface area contributed by atoms with Gasteiger partial charge in [-0.2, -0.15) is 13.2 Å². The predicted molar refractivity (Wildman–Crippen MR) is 111 cm³/mol. The summed E-state index contributed by atoms with van der Waals surface area (Å²) in [6.07, 6.45) is -4.27. The van der Waals surface area contributed by atoms with Gasteiger partial charge in [-0.1, -0.05) is 30.3 Å². The molecule has 0 aliphatic heterocycles. The van der Waals surface area contributed by atoms with Crippen LogP contribution in [0.25, 0.3) is 16.8 Å². The molecule has 160 valence electrons. The molecule has 2 N–H and O–H groups in total. The zero-order valence-corrected chi connectivity index (χ0v) is 16.8. The summed E-state index contributed by atoms with van der Waals surface area (Å²) < 4.78 is 54.4. The lowest BCUT2D eigenvalue weighted by Crippen LogP contribution is -2.16. The third-order valence-corrected chi connectivity index (χ3v) is 4.72. The summed E-state index contributed by atoms with van der Waals surface area (Å²) in [5.41, 5.74) is -0.673. The predicted octanol–water partition coefficient (Wildman–Crippen LogP) is 5.49. The average molecular weight is 449 g/mol. The number of thiazole rings is 1. The van der Waals surface area contributed by atoms with Crippen LogP contribution in [0.5, 0.6) is 0 Å². The van der Waals surface area contributed by atoms with Crippen LogP contribution in [0.15, 0.2) is 60.0 Å². The molecule has 5 nitrogen and oxygen atoms in total. The number of aromatic nitrogens is 1. The van der Waals surface area contributed by atoms with Crippen LogP contribution >= 0.6 is 11.3 Å². The van der Waals surface area contributed by atoms with E-state index in [2.05, 4.69) is 15.6 Å². The first-order valence-corrected chi connectivity index (χ1v) is 9.70. The van der Waals surface area contributed by atoms with Crippen molar-refractivity contribution in [2.45, 2.75) is 13.1 Å². The van der Waals surface area contributed by atoms with Gasteiger partial charge in [0, 0.05) is 29.6 Å². The fourth-order valence-electron chi connectivity index (χ4n) is 2.68. The van der Waals surface area contributed by atoms with Crippen molar-refractivity contribution in [1.29, 1.82) is 0 Å². The molecule has 0 aliphatic rings. The van der Waals surface area contributed by atoms with Gasteiger partial charge in [-0.15, -0.1) is 11.3 Å². The van der Waals surface area contributed by atoms with Gasteiger partial charge in [-0.3, -0.25) is 14.9 Å². The van der Waals surface area contributed by atoms with Crippen LogP contribution in [0.1, 0.15) is 12.5 Å². The monoisotopic (exact) mass is 449 g/mol. The standard InChI is InChI=1S/C21H15F4N3O2S/c1-12(29)26-14-7-8-15(17(22)9-14)18-11-31-20(27-18)28-19(30)10-16(21(23,24)25)13-5-3-2-4-6-13/h2-11H,1H3,(H,26,29)(H,27,28,30)/b16-10-. The maximum Gasteiger partial charge on any atom is 0.417 e. The minimum atomic E-state index is -4.73. The molecule has 0 atom stereocenters. The Hall–Kier alpha value is -3.53. The highest BCUT2D eigenvalue weighted by molar-refractivity contribution is 7.14. The second-order valence-electron chi connectivity index (χ2n) is 6.32. The number of nitrogens with one attached hydrogen (secondary N) is 2. The van der Waals surface area contributed by atoms with Crippen molar-refractivity contribution in [3.63, 3.8) is 0 Å². The smallest absolute Gasteiger partial charge is 0.326 e. The molecular formula is C21H15F4N3O2S. The summed E-state index contributed by atoms with van der Waals surface area (Å²) in [5, 5.41) is 6.19. The number of carbonyl (C=O) groups is 2. The molecule has 0 aliphatic carbocycles. The summed E-state index contributed by atoms with van der Waals surface area (Å²) in [7, 11) is 0. The number of benzene rings is 2. The van der Waals surface area contributed by atoms with Gasteiger partial charge >= 0.3 is 6.18 Å². The molecule has 0 bridgehead atoms. The molecule has 3 aromatic rings. The fourth-order valence-corrected chi connectivity index (χ4v) is 3.39. The molecule has 31 heavy (non-hydrogen) atoms. The highest BCUT2D eigenvalue weighted by Gasteiger charge is 2.35. The summed E-state index contributed by atoms with van der Waals surface area (Å²) in [4.78, 5) is 27.3. The Morgan fingerprint density at radius 1 is 1.06 bits per heavy atom. The minimum absolute atomic E-state index is 0.0103.